The number of hydrogen-bond donors (Lipinski definition) is 1. The number of amides is 1. The molecule has 1 heterocycles. The summed E-state index contributed by atoms with van der Waals surface area (Å²) in [4.78, 5) is 17.0. The fraction of sp³-hybridized carbons (Fsp3) is 0.0476. The van der Waals surface area contributed by atoms with Gasteiger partial charge in [0.05, 0.1) is 5.56 Å². The van der Waals surface area contributed by atoms with Crippen LogP contribution >= 0.6 is 15.9 Å². The highest BCUT2D eigenvalue weighted by Crippen LogP contribution is 2.27. The summed E-state index contributed by atoms with van der Waals surface area (Å²) in [6.07, 6.45) is 0. The topological polar surface area (TPSA) is 55.1 Å². The third kappa shape index (κ3) is 3.26. The van der Waals surface area contributed by atoms with Crippen molar-refractivity contribution in [1.29, 1.82) is 0 Å². The number of rotatable bonds is 3. The second kappa shape index (κ2) is 6.77. The molecule has 1 aromatic heterocycles. The molecule has 5 heteroatoms. The highest BCUT2D eigenvalue weighted by atomic mass is 79.9. The number of nitrogens with zero attached hydrogens (tertiary/aromatic N) is 1. The predicted octanol–water partition coefficient (Wildman–Crippen LogP) is 5.82. The lowest BCUT2D eigenvalue weighted by molar-refractivity contribution is 0.102. The Morgan fingerprint density at radius 2 is 1.88 bits per heavy atom. The molecule has 0 saturated carbocycles. The summed E-state index contributed by atoms with van der Waals surface area (Å²) in [6, 6.07) is 20.7. The van der Waals surface area contributed by atoms with Gasteiger partial charge in [0.25, 0.3) is 5.91 Å². The molecular weight excluding hydrogens is 392 g/mol. The maximum Gasteiger partial charge on any atom is 0.256 e. The maximum absolute atomic E-state index is 12.4. The fourth-order valence-electron chi connectivity index (χ4n) is 2.75. The first-order valence-corrected chi connectivity index (χ1v) is 8.93. The minimum absolute atomic E-state index is 0.185. The number of carbonyl (C=O) groups is 1. The molecule has 0 aliphatic heterocycles. The fourth-order valence-corrected chi connectivity index (χ4v) is 3.21. The molecule has 0 aliphatic carbocycles. The van der Waals surface area contributed by atoms with E-state index in [0.717, 1.165) is 21.1 Å². The standard InChI is InChI=1S/C21H15BrN2O2/c1-13-5-4-6-14(11-13)21-24-18-10-9-15(12-19(18)26-21)23-20(25)16-7-2-3-8-17(16)22/h2-12H,1H3,(H,23,25). The lowest BCUT2D eigenvalue weighted by atomic mass is 10.1. The maximum atomic E-state index is 12.4. The minimum Gasteiger partial charge on any atom is -0.436 e. The summed E-state index contributed by atoms with van der Waals surface area (Å²) in [5.41, 5.74) is 4.69. The van der Waals surface area contributed by atoms with Crippen LogP contribution in [-0.4, -0.2) is 10.9 Å². The van der Waals surface area contributed by atoms with Crippen LogP contribution in [0.25, 0.3) is 22.6 Å². The van der Waals surface area contributed by atoms with Crippen LogP contribution in [0.3, 0.4) is 0 Å². The number of hydrogen-bond acceptors (Lipinski definition) is 3. The Hall–Kier alpha value is -2.92. The van der Waals surface area contributed by atoms with Crippen LogP contribution in [0.1, 0.15) is 15.9 Å². The van der Waals surface area contributed by atoms with Crippen LogP contribution in [0.4, 0.5) is 5.69 Å². The van der Waals surface area contributed by atoms with Gasteiger partial charge in [0.2, 0.25) is 5.89 Å². The molecule has 4 nitrogen and oxygen atoms in total. The largest absolute Gasteiger partial charge is 0.436 e. The Labute approximate surface area is 159 Å². The van der Waals surface area contributed by atoms with Crippen molar-refractivity contribution in [2.45, 2.75) is 6.92 Å². The number of halogens is 1. The molecule has 0 radical (unpaired) electrons. The van der Waals surface area contributed by atoms with Crippen molar-refractivity contribution in [3.8, 4) is 11.5 Å². The molecule has 26 heavy (non-hydrogen) atoms. The zero-order valence-electron chi connectivity index (χ0n) is 14.0. The quantitative estimate of drug-likeness (QED) is 0.466. The van der Waals surface area contributed by atoms with Gasteiger partial charge < -0.3 is 9.73 Å². The molecule has 3 aromatic carbocycles. The van der Waals surface area contributed by atoms with Gasteiger partial charge in [-0.15, -0.1) is 0 Å². The van der Waals surface area contributed by atoms with Gasteiger partial charge in [-0.05, 0) is 59.3 Å². The van der Waals surface area contributed by atoms with E-state index in [1.54, 1.807) is 12.1 Å². The van der Waals surface area contributed by atoms with Gasteiger partial charge in [0.15, 0.2) is 5.58 Å². The molecule has 0 unspecified atom stereocenters. The van der Waals surface area contributed by atoms with Crippen molar-refractivity contribution >= 4 is 38.6 Å². The Morgan fingerprint density at radius 1 is 1.04 bits per heavy atom. The Balaban J connectivity index is 1.64. The van der Waals surface area contributed by atoms with Crippen molar-refractivity contribution in [3.05, 3.63) is 82.3 Å². The van der Waals surface area contributed by atoms with Gasteiger partial charge in [-0.25, -0.2) is 4.98 Å². The Morgan fingerprint density at radius 3 is 2.69 bits per heavy atom. The van der Waals surface area contributed by atoms with Crippen LogP contribution in [-0.2, 0) is 0 Å². The van der Waals surface area contributed by atoms with E-state index < -0.39 is 0 Å². The number of aryl methyl sites for hydroxylation is 1. The first-order chi connectivity index (χ1) is 12.6. The zero-order chi connectivity index (χ0) is 18.1. The molecule has 0 aliphatic rings. The lowest BCUT2D eigenvalue weighted by Gasteiger charge is -2.06. The molecule has 0 fully saturated rings. The molecular formula is C21H15BrN2O2. The predicted molar refractivity (Wildman–Crippen MR) is 106 cm³/mol. The van der Waals surface area contributed by atoms with Crippen molar-refractivity contribution < 1.29 is 9.21 Å². The smallest absolute Gasteiger partial charge is 0.256 e. The summed E-state index contributed by atoms with van der Waals surface area (Å²) >= 11 is 3.40. The number of nitrogens with one attached hydrogen (secondary N) is 1. The highest BCUT2D eigenvalue weighted by Gasteiger charge is 2.12. The van der Waals surface area contributed by atoms with E-state index in [0.29, 0.717) is 22.7 Å². The van der Waals surface area contributed by atoms with E-state index in [9.17, 15) is 4.79 Å². The molecule has 4 aromatic rings. The van der Waals surface area contributed by atoms with E-state index >= 15 is 0 Å². The van der Waals surface area contributed by atoms with Crippen LogP contribution in [0.2, 0.25) is 0 Å². The third-order valence-electron chi connectivity index (χ3n) is 4.03. The zero-order valence-corrected chi connectivity index (χ0v) is 15.6. The first-order valence-electron chi connectivity index (χ1n) is 8.14. The van der Waals surface area contributed by atoms with Crippen LogP contribution in [0.5, 0.6) is 0 Å². The van der Waals surface area contributed by atoms with Crippen molar-refractivity contribution in [2.75, 3.05) is 5.32 Å². The van der Waals surface area contributed by atoms with E-state index in [2.05, 4.69) is 26.2 Å². The molecule has 0 bridgehead atoms. The van der Waals surface area contributed by atoms with E-state index in [-0.39, 0.29) is 5.91 Å². The summed E-state index contributed by atoms with van der Waals surface area (Å²) in [6.45, 7) is 2.03. The second-order valence-electron chi connectivity index (χ2n) is 6.00. The summed E-state index contributed by atoms with van der Waals surface area (Å²) in [7, 11) is 0. The highest BCUT2D eigenvalue weighted by molar-refractivity contribution is 9.10. The van der Waals surface area contributed by atoms with Crippen LogP contribution in [0, 0.1) is 6.92 Å². The number of carbonyl (C=O) groups excluding carboxylic acids is 1. The second-order valence-corrected chi connectivity index (χ2v) is 6.86. The molecule has 4 rings (SSSR count). The molecule has 0 saturated heterocycles. The lowest BCUT2D eigenvalue weighted by Crippen LogP contribution is -2.12. The summed E-state index contributed by atoms with van der Waals surface area (Å²) in [5, 5.41) is 2.89. The average molecular weight is 407 g/mol. The molecule has 128 valence electrons. The molecule has 0 atom stereocenters. The van der Waals surface area contributed by atoms with Crippen molar-refractivity contribution in [3.63, 3.8) is 0 Å². The monoisotopic (exact) mass is 406 g/mol. The van der Waals surface area contributed by atoms with Gasteiger partial charge in [-0.1, -0.05) is 29.8 Å². The van der Waals surface area contributed by atoms with Gasteiger partial charge in [0.1, 0.15) is 5.52 Å². The van der Waals surface area contributed by atoms with Crippen LogP contribution < -0.4 is 5.32 Å². The van der Waals surface area contributed by atoms with E-state index in [1.807, 2.05) is 61.5 Å². The SMILES string of the molecule is Cc1cccc(-c2nc3ccc(NC(=O)c4ccccc4Br)cc3o2)c1. The minimum atomic E-state index is -0.185. The van der Waals surface area contributed by atoms with E-state index in [1.165, 1.54) is 0 Å². The van der Waals surface area contributed by atoms with Crippen molar-refractivity contribution in [2.24, 2.45) is 0 Å². The van der Waals surface area contributed by atoms with Gasteiger partial charge in [0, 0.05) is 21.8 Å². The first kappa shape index (κ1) is 16.5. The van der Waals surface area contributed by atoms with Gasteiger partial charge in [-0.3, -0.25) is 4.79 Å². The summed E-state index contributed by atoms with van der Waals surface area (Å²) in [5.74, 6) is 0.383. The number of benzene rings is 3. The van der Waals surface area contributed by atoms with Gasteiger partial charge >= 0.3 is 0 Å². The number of anilines is 1. The van der Waals surface area contributed by atoms with Crippen LogP contribution in [0.15, 0.2) is 75.6 Å². The summed E-state index contributed by atoms with van der Waals surface area (Å²) < 4.78 is 6.64. The van der Waals surface area contributed by atoms with Crippen molar-refractivity contribution in [1.82, 2.24) is 4.98 Å². The number of aromatic nitrogens is 1. The molecule has 1 amide bonds. The molecule has 0 spiro atoms. The van der Waals surface area contributed by atoms with Gasteiger partial charge in [-0.2, -0.15) is 0 Å². The third-order valence-corrected chi connectivity index (χ3v) is 4.72. The normalized spacial score (nSPS) is 10.8. The van der Waals surface area contributed by atoms with E-state index in [4.69, 9.17) is 4.42 Å². The average Bonchev–Trinajstić information content (AvgIpc) is 3.05. The Bertz CT molecular complexity index is 1120. The Kier molecular flexibility index (Phi) is 4.31. The molecule has 1 N–H and O–H groups in total. The number of oxazole rings is 1. The number of fused-ring (bicyclic) bond motifs is 1.